The van der Waals surface area contributed by atoms with E-state index in [-0.39, 0.29) is 5.91 Å². The van der Waals surface area contributed by atoms with Gasteiger partial charge < -0.3 is 14.8 Å². The molecule has 1 N–H and O–H groups in total. The third-order valence-corrected chi connectivity index (χ3v) is 6.28. The summed E-state index contributed by atoms with van der Waals surface area (Å²) in [6.07, 6.45) is 1.01. The molecule has 1 fully saturated rings. The molecule has 0 aliphatic carbocycles. The lowest BCUT2D eigenvalue weighted by Gasteiger charge is -2.22. The summed E-state index contributed by atoms with van der Waals surface area (Å²) in [6.45, 7) is 2.21. The molecule has 1 aromatic carbocycles. The molecule has 30 heavy (non-hydrogen) atoms. The SMILES string of the molecule is COC(=O)c1sc2nc(CN(C)[C@@H]3CCOC3)ccc2c1NC(=O)c1ccccc1. The number of ether oxygens (including phenoxy) is 2. The van der Waals surface area contributed by atoms with E-state index in [1.165, 1.54) is 18.4 Å². The number of nitrogens with one attached hydrogen (secondary N) is 1. The Bertz CT molecular complexity index is 1060. The lowest BCUT2D eigenvalue weighted by molar-refractivity contribution is 0.0607. The van der Waals surface area contributed by atoms with Crippen LogP contribution in [0.25, 0.3) is 10.2 Å². The van der Waals surface area contributed by atoms with Gasteiger partial charge in [0.2, 0.25) is 0 Å². The Morgan fingerprint density at radius 1 is 1.27 bits per heavy atom. The van der Waals surface area contributed by atoms with Crippen molar-refractivity contribution < 1.29 is 19.1 Å². The van der Waals surface area contributed by atoms with E-state index in [0.29, 0.717) is 33.5 Å². The van der Waals surface area contributed by atoms with Gasteiger partial charge in [0, 0.05) is 30.1 Å². The summed E-state index contributed by atoms with van der Waals surface area (Å²) in [4.78, 5) is 33.0. The number of benzene rings is 1. The molecule has 0 unspecified atom stereocenters. The van der Waals surface area contributed by atoms with Crippen molar-refractivity contribution in [3.05, 3.63) is 58.6 Å². The number of fused-ring (bicyclic) bond motifs is 1. The largest absolute Gasteiger partial charge is 0.465 e. The predicted octanol–water partition coefficient (Wildman–Crippen LogP) is 3.56. The maximum absolute atomic E-state index is 12.7. The van der Waals surface area contributed by atoms with Crippen LogP contribution in [0.15, 0.2) is 42.5 Å². The molecule has 0 saturated carbocycles. The van der Waals surface area contributed by atoms with E-state index in [0.717, 1.165) is 30.7 Å². The van der Waals surface area contributed by atoms with E-state index < -0.39 is 5.97 Å². The highest BCUT2D eigenvalue weighted by molar-refractivity contribution is 7.21. The summed E-state index contributed by atoms with van der Waals surface area (Å²) in [5, 5.41) is 3.60. The number of hydrogen-bond donors (Lipinski definition) is 1. The topological polar surface area (TPSA) is 80.8 Å². The Morgan fingerprint density at radius 3 is 2.77 bits per heavy atom. The van der Waals surface area contributed by atoms with Crippen LogP contribution >= 0.6 is 11.3 Å². The number of anilines is 1. The first kappa shape index (κ1) is 20.5. The van der Waals surface area contributed by atoms with Crippen LogP contribution in [0.2, 0.25) is 0 Å². The molecule has 8 heteroatoms. The van der Waals surface area contributed by atoms with Crippen LogP contribution in [-0.4, -0.2) is 55.2 Å². The second-order valence-electron chi connectivity index (χ2n) is 7.21. The molecular weight excluding hydrogens is 402 g/mol. The molecule has 3 aromatic rings. The van der Waals surface area contributed by atoms with Crippen LogP contribution in [0.5, 0.6) is 0 Å². The van der Waals surface area contributed by atoms with Crippen LogP contribution in [0.1, 0.15) is 32.1 Å². The second kappa shape index (κ2) is 8.91. The molecule has 4 rings (SSSR count). The summed E-state index contributed by atoms with van der Waals surface area (Å²) >= 11 is 1.22. The number of hydrogen-bond acceptors (Lipinski definition) is 7. The fourth-order valence-corrected chi connectivity index (χ4v) is 4.56. The van der Waals surface area contributed by atoms with Crippen molar-refractivity contribution >= 4 is 39.1 Å². The molecule has 7 nitrogen and oxygen atoms in total. The van der Waals surface area contributed by atoms with Gasteiger partial charge in [0.15, 0.2) is 0 Å². The third-order valence-electron chi connectivity index (χ3n) is 5.20. The number of carbonyl (C=O) groups excluding carboxylic acids is 2. The van der Waals surface area contributed by atoms with Crippen LogP contribution in [0.3, 0.4) is 0 Å². The molecule has 1 aliphatic heterocycles. The molecule has 0 radical (unpaired) electrons. The highest BCUT2D eigenvalue weighted by Crippen LogP contribution is 2.36. The Labute approximate surface area is 178 Å². The van der Waals surface area contributed by atoms with Gasteiger partial charge in [-0.25, -0.2) is 9.78 Å². The molecule has 2 aromatic heterocycles. The minimum Gasteiger partial charge on any atom is -0.465 e. The zero-order valence-corrected chi connectivity index (χ0v) is 17.7. The van der Waals surface area contributed by atoms with Crippen molar-refractivity contribution in [2.75, 3.05) is 32.7 Å². The predicted molar refractivity (Wildman–Crippen MR) is 116 cm³/mol. The molecule has 1 aliphatic rings. The average molecular weight is 426 g/mol. The first-order valence-corrected chi connectivity index (χ1v) is 10.5. The van der Waals surface area contributed by atoms with Gasteiger partial charge in [0.05, 0.1) is 25.1 Å². The van der Waals surface area contributed by atoms with E-state index in [1.807, 2.05) is 18.2 Å². The molecule has 0 bridgehead atoms. The number of esters is 1. The van der Waals surface area contributed by atoms with Gasteiger partial charge in [0.1, 0.15) is 9.71 Å². The molecular formula is C22H23N3O4S. The smallest absolute Gasteiger partial charge is 0.350 e. The van der Waals surface area contributed by atoms with Crippen LogP contribution in [0.4, 0.5) is 5.69 Å². The van der Waals surface area contributed by atoms with Gasteiger partial charge in [-0.05, 0) is 37.7 Å². The number of carbonyl (C=O) groups is 2. The van der Waals surface area contributed by atoms with E-state index in [1.54, 1.807) is 24.3 Å². The first-order valence-electron chi connectivity index (χ1n) is 9.72. The molecule has 3 heterocycles. The quantitative estimate of drug-likeness (QED) is 0.609. The number of thiophene rings is 1. The van der Waals surface area contributed by atoms with Crippen LogP contribution in [-0.2, 0) is 16.0 Å². The van der Waals surface area contributed by atoms with Crippen molar-refractivity contribution in [2.24, 2.45) is 0 Å². The Hall–Kier alpha value is -2.81. The summed E-state index contributed by atoms with van der Waals surface area (Å²) in [5.74, 6) is -0.784. The van der Waals surface area contributed by atoms with Crippen LogP contribution < -0.4 is 5.32 Å². The summed E-state index contributed by atoms with van der Waals surface area (Å²) in [7, 11) is 3.39. The molecule has 156 valence electrons. The lowest BCUT2D eigenvalue weighted by Crippen LogP contribution is -2.31. The molecule has 1 amide bonds. The first-order chi connectivity index (χ1) is 14.6. The number of aromatic nitrogens is 1. The summed E-state index contributed by atoms with van der Waals surface area (Å²) in [5.41, 5.74) is 1.85. The van der Waals surface area contributed by atoms with Gasteiger partial charge in [-0.1, -0.05) is 18.2 Å². The molecule has 1 saturated heterocycles. The monoisotopic (exact) mass is 425 g/mol. The van der Waals surface area contributed by atoms with Crippen molar-refractivity contribution in [1.29, 1.82) is 0 Å². The Morgan fingerprint density at radius 2 is 2.07 bits per heavy atom. The number of likely N-dealkylation sites (N-methyl/N-ethyl adjacent to an activating group) is 1. The van der Waals surface area contributed by atoms with Crippen molar-refractivity contribution in [1.82, 2.24) is 9.88 Å². The van der Waals surface area contributed by atoms with Crippen molar-refractivity contribution in [2.45, 2.75) is 19.0 Å². The van der Waals surface area contributed by atoms with Gasteiger partial charge >= 0.3 is 5.97 Å². The zero-order chi connectivity index (χ0) is 21.1. The average Bonchev–Trinajstić information content (AvgIpc) is 3.42. The standard InChI is InChI=1S/C22H23N3O4S/c1-25(16-10-11-29-13-16)12-15-8-9-17-18(19(22(27)28-2)30-21(17)23-15)24-20(26)14-6-4-3-5-7-14/h3-9,16H,10-13H2,1-2H3,(H,24,26)/t16-/m1/s1. The fraction of sp³-hybridized carbons (Fsp3) is 0.318. The van der Waals surface area contributed by atoms with Gasteiger partial charge in [0.25, 0.3) is 5.91 Å². The van der Waals surface area contributed by atoms with Gasteiger partial charge in [-0.3, -0.25) is 9.69 Å². The van der Waals surface area contributed by atoms with E-state index >= 15 is 0 Å². The fourth-order valence-electron chi connectivity index (χ4n) is 3.49. The number of amides is 1. The van der Waals surface area contributed by atoms with Crippen LogP contribution in [0, 0.1) is 0 Å². The van der Waals surface area contributed by atoms with Gasteiger partial charge in [-0.15, -0.1) is 11.3 Å². The number of methoxy groups -OCH3 is 1. The lowest BCUT2D eigenvalue weighted by atomic mass is 10.2. The Balaban J connectivity index is 1.64. The van der Waals surface area contributed by atoms with Gasteiger partial charge in [-0.2, -0.15) is 0 Å². The van der Waals surface area contributed by atoms with Crippen molar-refractivity contribution in [3.8, 4) is 0 Å². The normalized spacial score (nSPS) is 16.2. The molecule has 1 atom stereocenters. The molecule has 0 spiro atoms. The van der Waals surface area contributed by atoms with E-state index in [9.17, 15) is 9.59 Å². The minimum atomic E-state index is -0.497. The number of nitrogens with zero attached hydrogens (tertiary/aromatic N) is 2. The second-order valence-corrected chi connectivity index (χ2v) is 8.20. The zero-order valence-electron chi connectivity index (χ0n) is 16.9. The maximum Gasteiger partial charge on any atom is 0.350 e. The maximum atomic E-state index is 12.7. The summed E-state index contributed by atoms with van der Waals surface area (Å²) < 4.78 is 10.4. The highest BCUT2D eigenvalue weighted by atomic mass is 32.1. The summed E-state index contributed by atoms with van der Waals surface area (Å²) in [6, 6.07) is 13.1. The number of rotatable bonds is 6. The van der Waals surface area contributed by atoms with Crippen molar-refractivity contribution in [3.63, 3.8) is 0 Å². The highest BCUT2D eigenvalue weighted by Gasteiger charge is 2.24. The number of pyridine rings is 1. The minimum absolute atomic E-state index is 0.287. The third kappa shape index (κ3) is 4.21. The Kier molecular flexibility index (Phi) is 6.08. The van der Waals surface area contributed by atoms with E-state index in [4.69, 9.17) is 14.5 Å². The van der Waals surface area contributed by atoms with E-state index in [2.05, 4.69) is 17.3 Å².